The Labute approximate surface area is 123 Å². The summed E-state index contributed by atoms with van der Waals surface area (Å²) in [5.74, 6) is 1.43. The maximum absolute atomic E-state index is 13.1. The molecule has 0 fully saturated rings. The fourth-order valence-electron chi connectivity index (χ4n) is 2.73. The molecule has 1 aliphatic rings. The lowest BCUT2D eigenvalue weighted by molar-refractivity contribution is 0.153. The monoisotopic (exact) mass is 287 g/mol. The second-order valence-corrected chi connectivity index (χ2v) is 5.14. The van der Waals surface area contributed by atoms with E-state index < -0.39 is 0 Å². The van der Waals surface area contributed by atoms with Crippen molar-refractivity contribution in [2.75, 3.05) is 14.2 Å². The van der Waals surface area contributed by atoms with Crippen molar-refractivity contribution in [1.82, 2.24) is 5.32 Å². The first-order valence-corrected chi connectivity index (χ1v) is 6.98. The lowest BCUT2D eigenvalue weighted by atomic mass is 9.93. The molecule has 3 rings (SSSR count). The number of benzene rings is 2. The Hall–Kier alpha value is -2.07. The van der Waals surface area contributed by atoms with E-state index in [1.54, 1.807) is 19.2 Å². The molecule has 0 aliphatic carbocycles. The largest absolute Gasteiger partial charge is 0.497 e. The van der Waals surface area contributed by atoms with Gasteiger partial charge in [0.2, 0.25) is 0 Å². The first-order chi connectivity index (χ1) is 10.2. The van der Waals surface area contributed by atoms with E-state index in [0.29, 0.717) is 0 Å². The standard InChI is InChI=1S/C17H18FNO2/c1-19-15-10-17(11-3-5-12(18)6-4-11)21-16-8-7-13(20-2)9-14(15)16/h3-9,15,17,19H,10H2,1-2H3. The molecular formula is C17H18FNO2. The number of hydrogen-bond donors (Lipinski definition) is 1. The number of nitrogens with one attached hydrogen (secondary N) is 1. The van der Waals surface area contributed by atoms with E-state index in [4.69, 9.17) is 9.47 Å². The predicted octanol–water partition coefficient (Wildman–Crippen LogP) is 3.62. The molecule has 2 unspecified atom stereocenters. The summed E-state index contributed by atoms with van der Waals surface area (Å²) in [4.78, 5) is 0. The molecule has 21 heavy (non-hydrogen) atoms. The van der Waals surface area contributed by atoms with Crippen LogP contribution in [0.15, 0.2) is 42.5 Å². The van der Waals surface area contributed by atoms with Crippen LogP contribution in [0.5, 0.6) is 11.5 Å². The van der Waals surface area contributed by atoms with Crippen molar-refractivity contribution in [2.45, 2.75) is 18.6 Å². The number of ether oxygens (including phenoxy) is 2. The van der Waals surface area contributed by atoms with Crippen molar-refractivity contribution in [3.8, 4) is 11.5 Å². The summed E-state index contributed by atoms with van der Waals surface area (Å²) in [6.07, 6.45) is 0.714. The minimum absolute atomic E-state index is 0.0797. The van der Waals surface area contributed by atoms with Crippen LogP contribution in [0.25, 0.3) is 0 Å². The average Bonchev–Trinajstić information content (AvgIpc) is 2.54. The fourth-order valence-corrected chi connectivity index (χ4v) is 2.73. The van der Waals surface area contributed by atoms with Gasteiger partial charge in [0.15, 0.2) is 0 Å². The molecule has 2 atom stereocenters. The van der Waals surface area contributed by atoms with E-state index in [-0.39, 0.29) is 18.0 Å². The summed E-state index contributed by atoms with van der Waals surface area (Å²) in [7, 11) is 3.59. The maximum atomic E-state index is 13.1. The molecule has 1 N–H and O–H groups in total. The Bertz CT molecular complexity index is 627. The Balaban J connectivity index is 1.93. The lowest BCUT2D eigenvalue weighted by Crippen LogP contribution is -2.26. The Morgan fingerprint density at radius 1 is 1.19 bits per heavy atom. The zero-order valence-electron chi connectivity index (χ0n) is 12.1. The van der Waals surface area contributed by atoms with Crippen LogP contribution in [-0.2, 0) is 0 Å². The molecule has 0 saturated heterocycles. The van der Waals surface area contributed by atoms with Crippen LogP contribution in [0, 0.1) is 5.82 Å². The molecule has 0 radical (unpaired) electrons. The van der Waals surface area contributed by atoms with Gasteiger partial charge in [-0.2, -0.15) is 0 Å². The van der Waals surface area contributed by atoms with Gasteiger partial charge in [-0.1, -0.05) is 12.1 Å². The number of rotatable bonds is 3. The number of methoxy groups -OCH3 is 1. The highest BCUT2D eigenvalue weighted by atomic mass is 19.1. The third-order valence-electron chi connectivity index (χ3n) is 3.90. The normalized spacial score (nSPS) is 20.5. The Morgan fingerprint density at radius 3 is 2.62 bits per heavy atom. The van der Waals surface area contributed by atoms with Gasteiger partial charge in [-0.15, -0.1) is 0 Å². The minimum Gasteiger partial charge on any atom is -0.497 e. The molecule has 2 aromatic carbocycles. The molecule has 1 heterocycles. The Morgan fingerprint density at radius 2 is 1.95 bits per heavy atom. The van der Waals surface area contributed by atoms with Crippen LogP contribution in [0.2, 0.25) is 0 Å². The highest BCUT2D eigenvalue weighted by Crippen LogP contribution is 2.42. The predicted molar refractivity (Wildman–Crippen MR) is 79.2 cm³/mol. The van der Waals surface area contributed by atoms with Crippen LogP contribution < -0.4 is 14.8 Å². The third-order valence-corrected chi connectivity index (χ3v) is 3.90. The lowest BCUT2D eigenvalue weighted by Gasteiger charge is -2.32. The summed E-state index contributed by atoms with van der Waals surface area (Å²) in [5, 5.41) is 3.31. The minimum atomic E-state index is -0.232. The van der Waals surface area contributed by atoms with E-state index in [9.17, 15) is 4.39 Å². The molecule has 0 amide bonds. The first-order valence-electron chi connectivity index (χ1n) is 6.98. The van der Waals surface area contributed by atoms with E-state index in [0.717, 1.165) is 29.0 Å². The SMILES string of the molecule is CNC1CC(c2ccc(F)cc2)Oc2ccc(OC)cc21. The van der Waals surface area contributed by atoms with Crippen molar-refractivity contribution in [2.24, 2.45) is 0 Å². The van der Waals surface area contributed by atoms with E-state index >= 15 is 0 Å². The second kappa shape index (κ2) is 5.74. The molecule has 0 bridgehead atoms. The van der Waals surface area contributed by atoms with Crippen molar-refractivity contribution in [1.29, 1.82) is 0 Å². The summed E-state index contributed by atoms with van der Waals surface area (Å²) >= 11 is 0. The first kappa shape index (κ1) is 13.9. The molecule has 110 valence electrons. The molecule has 0 saturated carbocycles. The van der Waals surface area contributed by atoms with Crippen LogP contribution >= 0.6 is 0 Å². The van der Waals surface area contributed by atoms with E-state index in [2.05, 4.69) is 5.32 Å². The van der Waals surface area contributed by atoms with E-state index in [1.165, 1.54) is 12.1 Å². The van der Waals surface area contributed by atoms with Gasteiger partial charge in [-0.3, -0.25) is 0 Å². The smallest absolute Gasteiger partial charge is 0.126 e. The van der Waals surface area contributed by atoms with Gasteiger partial charge in [0, 0.05) is 18.0 Å². The van der Waals surface area contributed by atoms with Crippen LogP contribution in [-0.4, -0.2) is 14.2 Å². The molecule has 0 aromatic heterocycles. The maximum Gasteiger partial charge on any atom is 0.126 e. The van der Waals surface area contributed by atoms with Crippen LogP contribution in [0.1, 0.15) is 29.7 Å². The average molecular weight is 287 g/mol. The highest BCUT2D eigenvalue weighted by Gasteiger charge is 2.28. The summed E-state index contributed by atoms with van der Waals surface area (Å²) < 4.78 is 24.4. The van der Waals surface area contributed by atoms with Gasteiger partial charge in [0.25, 0.3) is 0 Å². The quantitative estimate of drug-likeness (QED) is 0.935. The van der Waals surface area contributed by atoms with Crippen LogP contribution in [0.4, 0.5) is 4.39 Å². The molecule has 3 nitrogen and oxygen atoms in total. The molecule has 4 heteroatoms. The zero-order chi connectivity index (χ0) is 14.8. The summed E-state index contributed by atoms with van der Waals surface area (Å²) in [5.41, 5.74) is 2.08. The van der Waals surface area contributed by atoms with Gasteiger partial charge < -0.3 is 14.8 Å². The van der Waals surface area contributed by atoms with Gasteiger partial charge in [0.05, 0.1) is 7.11 Å². The third kappa shape index (κ3) is 2.72. The second-order valence-electron chi connectivity index (χ2n) is 5.14. The number of hydrogen-bond acceptors (Lipinski definition) is 3. The van der Waals surface area contributed by atoms with Gasteiger partial charge in [-0.05, 0) is 42.9 Å². The van der Waals surface area contributed by atoms with E-state index in [1.807, 2.05) is 25.2 Å². The molecular weight excluding hydrogens is 269 g/mol. The molecule has 2 aromatic rings. The van der Waals surface area contributed by atoms with Crippen LogP contribution in [0.3, 0.4) is 0 Å². The topological polar surface area (TPSA) is 30.5 Å². The van der Waals surface area contributed by atoms with Gasteiger partial charge >= 0.3 is 0 Å². The van der Waals surface area contributed by atoms with Crippen molar-refractivity contribution in [3.05, 3.63) is 59.4 Å². The zero-order valence-corrected chi connectivity index (χ0v) is 12.1. The molecule has 1 aliphatic heterocycles. The Kier molecular flexibility index (Phi) is 3.80. The van der Waals surface area contributed by atoms with Crippen molar-refractivity contribution >= 4 is 0 Å². The summed E-state index contributed by atoms with van der Waals surface area (Å²) in [6, 6.07) is 12.5. The van der Waals surface area contributed by atoms with Crippen molar-refractivity contribution < 1.29 is 13.9 Å². The number of fused-ring (bicyclic) bond motifs is 1. The fraction of sp³-hybridized carbons (Fsp3) is 0.294. The molecule has 0 spiro atoms. The van der Waals surface area contributed by atoms with Crippen molar-refractivity contribution in [3.63, 3.8) is 0 Å². The van der Waals surface area contributed by atoms with Gasteiger partial charge in [-0.25, -0.2) is 4.39 Å². The summed E-state index contributed by atoms with van der Waals surface area (Å²) in [6.45, 7) is 0. The number of halogens is 1. The highest BCUT2D eigenvalue weighted by molar-refractivity contribution is 5.44. The van der Waals surface area contributed by atoms with Gasteiger partial charge in [0.1, 0.15) is 23.4 Å².